The minimum atomic E-state index is -0.380. The normalized spacial score (nSPS) is 9.47. The zero-order valence-corrected chi connectivity index (χ0v) is 10.7. The van der Waals surface area contributed by atoms with Crippen LogP contribution in [-0.2, 0) is 16.1 Å². The first-order valence-electron chi connectivity index (χ1n) is 5.75. The number of hydrogen-bond acceptors (Lipinski definition) is 4. The maximum Gasteiger partial charge on any atom is 0.337 e. The molecule has 0 atom stereocenters. The number of terminal acetylenes is 1. The highest BCUT2D eigenvalue weighted by Crippen LogP contribution is 2.05. The average molecular weight is 260 g/mol. The minimum absolute atomic E-state index is 0.132. The van der Waals surface area contributed by atoms with Gasteiger partial charge in [0, 0.05) is 6.54 Å². The third-order valence-electron chi connectivity index (χ3n) is 2.38. The van der Waals surface area contributed by atoms with Crippen LogP contribution in [0, 0.1) is 12.3 Å². The zero-order valence-electron chi connectivity index (χ0n) is 10.7. The topological polar surface area (TPSA) is 67.4 Å². The summed E-state index contributed by atoms with van der Waals surface area (Å²) in [7, 11) is 1.33. The van der Waals surface area contributed by atoms with E-state index < -0.39 is 0 Å². The lowest BCUT2D eigenvalue weighted by Crippen LogP contribution is -2.33. The molecule has 100 valence electrons. The van der Waals surface area contributed by atoms with E-state index in [1.165, 1.54) is 7.11 Å². The van der Waals surface area contributed by atoms with Gasteiger partial charge >= 0.3 is 5.97 Å². The van der Waals surface area contributed by atoms with Crippen molar-refractivity contribution in [3.05, 3.63) is 35.4 Å². The highest BCUT2D eigenvalue weighted by atomic mass is 16.5. The van der Waals surface area contributed by atoms with Crippen molar-refractivity contribution in [3.8, 4) is 12.3 Å². The van der Waals surface area contributed by atoms with Crippen LogP contribution in [-0.4, -0.2) is 32.1 Å². The van der Waals surface area contributed by atoms with Crippen LogP contribution in [0.4, 0.5) is 0 Å². The number of ether oxygens (including phenoxy) is 1. The second-order valence-corrected chi connectivity index (χ2v) is 3.77. The largest absolute Gasteiger partial charge is 0.465 e. The number of rotatable bonds is 6. The summed E-state index contributed by atoms with van der Waals surface area (Å²) in [6, 6.07) is 6.84. The van der Waals surface area contributed by atoms with Crippen molar-refractivity contribution in [2.45, 2.75) is 6.54 Å². The molecule has 0 saturated heterocycles. The highest BCUT2D eigenvalue weighted by molar-refractivity contribution is 5.89. The molecular formula is C14H16N2O3. The Kier molecular flexibility index (Phi) is 6.13. The van der Waals surface area contributed by atoms with E-state index in [-0.39, 0.29) is 18.4 Å². The average Bonchev–Trinajstić information content (AvgIpc) is 2.45. The van der Waals surface area contributed by atoms with Gasteiger partial charge in [-0.15, -0.1) is 6.42 Å². The fourth-order valence-corrected chi connectivity index (χ4v) is 1.39. The van der Waals surface area contributed by atoms with Gasteiger partial charge in [0.2, 0.25) is 5.91 Å². The third-order valence-corrected chi connectivity index (χ3v) is 2.38. The lowest BCUT2D eigenvalue weighted by molar-refractivity contribution is -0.120. The molecule has 1 amide bonds. The van der Waals surface area contributed by atoms with E-state index in [1.54, 1.807) is 24.3 Å². The van der Waals surface area contributed by atoms with Gasteiger partial charge in [-0.25, -0.2) is 4.79 Å². The van der Waals surface area contributed by atoms with Crippen molar-refractivity contribution in [2.75, 3.05) is 20.2 Å². The van der Waals surface area contributed by atoms with Crippen molar-refractivity contribution < 1.29 is 14.3 Å². The summed E-state index contributed by atoms with van der Waals surface area (Å²) in [5.41, 5.74) is 1.38. The Labute approximate surface area is 112 Å². The van der Waals surface area contributed by atoms with Crippen molar-refractivity contribution in [3.63, 3.8) is 0 Å². The first-order chi connectivity index (χ1) is 9.17. The molecule has 1 aromatic carbocycles. The van der Waals surface area contributed by atoms with Gasteiger partial charge in [-0.2, -0.15) is 0 Å². The summed E-state index contributed by atoms with van der Waals surface area (Å²) in [4.78, 5) is 22.6. The van der Waals surface area contributed by atoms with Crippen LogP contribution < -0.4 is 10.6 Å². The van der Waals surface area contributed by atoms with Crippen LogP contribution >= 0.6 is 0 Å². The number of carbonyl (C=O) groups excluding carboxylic acids is 2. The van der Waals surface area contributed by atoms with E-state index in [0.717, 1.165) is 5.56 Å². The number of carbonyl (C=O) groups is 2. The molecule has 0 unspecified atom stereocenters. The van der Waals surface area contributed by atoms with Crippen LogP contribution in [0.25, 0.3) is 0 Å². The molecule has 5 nitrogen and oxygen atoms in total. The molecule has 0 aliphatic heterocycles. The van der Waals surface area contributed by atoms with Crippen molar-refractivity contribution in [1.82, 2.24) is 10.6 Å². The number of nitrogens with one attached hydrogen (secondary N) is 2. The summed E-state index contributed by atoms with van der Waals surface area (Å²) in [5, 5.41) is 5.53. The smallest absolute Gasteiger partial charge is 0.337 e. The molecule has 0 aliphatic carbocycles. The fourth-order valence-electron chi connectivity index (χ4n) is 1.39. The number of methoxy groups -OCH3 is 1. The molecule has 1 rings (SSSR count). The highest BCUT2D eigenvalue weighted by Gasteiger charge is 2.05. The van der Waals surface area contributed by atoms with Crippen LogP contribution in [0.1, 0.15) is 15.9 Å². The van der Waals surface area contributed by atoms with Crippen molar-refractivity contribution in [1.29, 1.82) is 0 Å². The lowest BCUT2D eigenvalue weighted by atomic mass is 10.1. The molecule has 0 saturated carbocycles. The molecule has 0 aromatic heterocycles. The van der Waals surface area contributed by atoms with Crippen molar-refractivity contribution in [2.24, 2.45) is 0 Å². The van der Waals surface area contributed by atoms with E-state index >= 15 is 0 Å². The number of benzene rings is 1. The summed E-state index contributed by atoms with van der Waals surface area (Å²) in [6.45, 7) is 0.948. The molecule has 19 heavy (non-hydrogen) atoms. The Morgan fingerprint density at radius 2 is 2.00 bits per heavy atom. The monoisotopic (exact) mass is 260 g/mol. The van der Waals surface area contributed by atoms with Gasteiger partial charge in [-0.1, -0.05) is 18.1 Å². The molecule has 0 aliphatic rings. The standard InChI is InChI=1S/C14H16N2O3/c1-3-8-15-10-13(17)16-9-11-4-6-12(7-5-11)14(18)19-2/h1,4-7,15H,8-10H2,2H3,(H,16,17). The van der Waals surface area contributed by atoms with Crippen molar-refractivity contribution >= 4 is 11.9 Å². The molecule has 0 spiro atoms. The Bertz CT molecular complexity index is 474. The van der Waals surface area contributed by atoms with E-state index in [1.807, 2.05) is 0 Å². The molecule has 0 radical (unpaired) electrons. The lowest BCUT2D eigenvalue weighted by Gasteiger charge is -2.06. The van der Waals surface area contributed by atoms with Gasteiger partial charge in [0.25, 0.3) is 0 Å². The molecule has 1 aromatic rings. The molecular weight excluding hydrogens is 244 g/mol. The Morgan fingerprint density at radius 3 is 2.58 bits per heavy atom. The van der Waals surface area contributed by atoms with Gasteiger partial charge < -0.3 is 10.1 Å². The van der Waals surface area contributed by atoms with E-state index in [4.69, 9.17) is 6.42 Å². The summed E-state index contributed by atoms with van der Waals surface area (Å²) >= 11 is 0. The van der Waals surface area contributed by atoms with Gasteiger partial charge in [0.1, 0.15) is 0 Å². The SMILES string of the molecule is C#CCNCC(=O)NCc1ccc(C(=O)OC)cc1. The Balaban J connectivity index is 2.40. The Morgan fingerprint density at radius 1 is 1.32 bits per heavy atom. The number of amides is 1. The second kappa shape index (κ2) is 7.90. The van der Waals surface area contributed by atoms with Crippen LogP contribution in [0.3, 0.4) is 0 Å². The number of esters is 1. The Hall–Kier alpha value is -2.32. The molecule has 5 heteroatoms. The first kappa shape index (κ1) is 14.7. The molecule has 0 heterocycles. The predicted octanol–water partition coefficient (Wildman–Crippen LogP) is 0.312. The van der Waals surface area contributed by atoms with Gasteiger partial charge in [0.15, 0.2) is 0 Å². The van der Waals surface area contributed by atoms with Gasteiger partial charge in [-0.3, -0.25) is 10.1 Å². The molecule has 0 fully saturated rings. The predicted molar refractivity (Wildman–Crippen MR) is 71.3 cm³/mol. The summed E-state index contributed by atoms with van der Waals surface area (Å²) < 4.78 is 4.60. The van der Waals surface area contributed by atoms with E-state index in [0.29, 0.717) is 18.7 Å². The maximum absolute atomic E-state index is 11.4. The maximum atomic E-state index is 11.4. The van der Waals surface area contributed by atoms with E-state index in [2.05, 4.69) is 21.3 Å². The molecule has 2 N–H and O–H groups in total. The third kappa shape index (κ3) is 5.23. The summed E-state index contributed by atoms with van der Waals surface area (Å²) in [6.07, 6.45) is 5.05. The first-order valence-corrected chi connectivity index (χ1v) is 5.75. The zero-order chi connectivity index (χ0) is 14.1. The quantitative estimate of drug-likeness (QED) is 0.439. The van der Waals surface area contributed by atoms with E-state index in [9.17, 15) is 9.59 Å². The van der Waals surface area contributed by atoms with Gasteiger partial charge in [0.05, 0.1) is 25.8 Å². The fraction of sp³-hybridized carbons (Fsp3) is 0.286. The second-order valence-electron chi connectivity index (χ2n) is 3.77. The van der Waals surface area contributed by atoms with Crippen LogP contribution in [0.5, 0.6) is 0 Å². The van der Waals surface area contributed by atoms with Crippen LogP contribution in [0.2, 0.25) is 0 Å². The molecule has 0 bridgehead atoms. The van der Waals surface area contributed by atoms with Gasteiger partial charge in [-0.05, 0) is 17.7 Å². The van der Waals surface area contributed by atoms with Crippen LogP contribution in [0.15, 0.2) is 24.3 Å². The summed E-state index contributed by atoms with van der Waals surface area (Å²) in [5.74, 6) is 1.87. The minimum Gasteiger partial charge on any atom is -0.465 e. The number of hydrogen-bond donors (Lipinski definition) is 2.